The Morgan fingerprint density at radius 1 is 0.773 bits per heavy atom. The molecular formula is C36H41N3O4S. The van der Waals surface area contributed by atoms with Crippen molar-refractivity contribution in [3.8, 4) is 0 Å². The van der Waals surface area contributed by atoms with Crippen molar-refractivity contribution in [1.82, 2.24) is 10.2 Å². The molecule has 2 unspecified atom stereocenters. The van der Waals surface area contributed by atoms with Crippen LogP contribution in [0.15, 0.2) is 114 Å². The van der Waals surface area contributed by atoms with Crippen molar-refractivity contribution >= 4 is 27.5 Å². The Morgan fingerprint density at radius 3 is 2.00 bits per heavy atom. The standard InChI is InChI=1S/C36H41N3O4S/c1-5-29(4)37-36(41)34(24-30-14-8-6-9-15-30)38(25-31-16-12-13-28(3)23-31)35(40)26-39(32-17-10-7-11-18-32)44(42,43)33-21-19-27(2)20-22-33/h6-23,29,34H,5,24-26H2,1-4H3,(H,37,41). The van der Waals surface area contributed by atoms with E-state index >= 15 is 0 Å². The lowest BCUT2D eigenvalue weighted by Crippen LogP contribution is -2.54. The van der Waals surface area contributed by atoms with Crippen molar-refractivity contribution in [3.63, 3.8) is 0 Å². The number of sulfonamides is 1. The lowest BCUT2D eigenvalue weighted by molar-refractivity contribution is -0.140. The lowest BCUT2D eigenvalue weighted by atomic mass is 10.0. The fourth-order valence-electron chi connectivity index (χ4n) is 4.96. The van der Waals surface area contributed by atoms with E-state index in [1.54, 1.807) is 54.6 Å². The molecule has 0 aliphatic heterocycles. The molecule has 0 radical (unpaired) electrons. The van der Waals surface area contributed by atoms with Crippen molar-refractivity contribution in [1.29, 1.82) is 0 Å². The van der Waals surface area contributed by atoms with Gasteiger partial charge in [0.1, 0.15) is 12.6 Å². The molecule has 1 N–H and O–H groups in total. The number of anilines is 1. The fraction of sp³-hybridized carbons (Fsp3) is 0.278. The van der Waals surface area contributed by atoms with Crippen molar-refractivity contribution in [2.45, 2.75) is 64.1 Å². The van der Waals surface area contributed by atoms with Crippen molar-refractivity contribution in [3.05, 3.63) is 131 Å². The van der Waals surface area contributed by atoms with Crippen LogP contribution in [0.2, 0.25) is 0 Å². The van der Waals surface area contributed by atoms with E-state index in [0.29, 0.717) is 5.69 Å². The van der Waals surface area contributed by atoms with Crippen molar-refractivity contribution < 1.29 is 18.0 Å². The van der Waals surface area contributed by atoms with Crippen LogP contribution in [0.5, 0.6) is 0 Å². The second kappa shape index (κ2) is 14.8. The number of benzene rings is 4. The van der Waals surface area contributed by atoms with Crippen molar-refractivity contribution in [2.75, 3.05) is 10.8 Å². The van der Waals surface area contributed by atoms with Gasteiger partial charge in [-0.2, -0.15) is 0 Å². The monoisotopic (exact) mass is 611 g/mol. The molecule has 0 aromatic heterocycles. The van der Waals surface area contributed by atoms with Crippen LogP contribution in [0.4, 0.5) is 5.69 Å². The summed E-state index contributed by atoms with van der Waals surface area (Å²) in [6.45, 7) is 7.43. The Bertz CT molecular complexity index is 1640. The van der Waals surface area contributed by atoms with Gasteiger partial charge in [-0.1, -0.05) is 103 Å². The highest BCUT2D eigenvalue weighted by Gasteiger charge is 2.35. The van der Waals surface area contributed by atoms with Crippen LogP contribution in [0, 0.1) is 13.8 Å². The van der Waals surface area contributed by atoms with Gasteiger partial charge in [0, 0.05) is 19.0 Å². The summed E-state index contributed by atoms with van der Waals surface area (Å²) in [5.41, 5.74) is 4.05. The molecule has 8 heteroatoms. The second-order valence-corrected chi connectivity index (χ2v) is 13.1. The Balaban J connectivity index is 1.79. The van der Waals surface area contributed by atoms with Crippen LogP contribution in [0.1, 0.15) is 42.5 Å². The molecule has 0 bridgehead atoms. The highest BCUT2D eigenvalue weighted by molar-refractivity contribution is 7.92. The summed E-state index contributed by atoms with van der Waals surface area (Å²) >= 11 is 0. The minimum atomic E-state index is -4.12. The van der Waals surface area contributed by atoms with Gasteiger partial charge in [-0.3, -0.25) is 13.9 Å². The number of nitrogens with zero attached hydrogens (tertiary/aromatic N) is 2. The molecule has 0 aliphatic rings. The van der Waals surface area contributed by atoms with E-state index in [0.717, 1.165) is 33.0 Å². The number of carbonyl (C=O) groups is 2. The summed E-state index contributed by atoms with van der Waals surface area (Å²) < 4.78 is 29.3. The van der Waals surface area contributed by atoms with Crippen molar-refractivity contribution in [2.24, 2.45) is 0 Å². The first kappa shape index (κ1) is 32.5. The van der Waals surface area contributed by atoms with Crippen LogP contribution >= 0.6 is 0 Å². The number of amides is 2. The predicted molar refractivity (Wildman–Crippen MR) is 176 cm³/mol. The third-order valence-corrected chi connectivity index (χ3v) is 9.43. The minimum Gasteiger partial charge on any atom is -0.352 e. The molecule has 0 fully saturated rings. The van der Waals surface area contributed by atoms with E-state index in [2.05, 4.69) is 5.32 Å². The first-order valence-corrected chi connectivity index (χ1v) is 16.4. The number of aryl methyl sites for hydroxylation is 2. The van der Waals surface area contributed by atoms with Gasteiger partial charge in [-0.25, -0.2) is 8.42 Å². The van der Waals surface area contributed by atoms with Crippen LogP contribution in [-0.2, 0) is 32.6 Å². The molecular weight excluding hydrogens is 570 g/mol. The van der Waals surface area contributed by atoms with Gasteiger partial charge in [0.05, 0.1) is 10.6 Å². The number of carbonyl (C=O) groups excluding carboxylic acids is 2. The summed E-state index contributed by atoms with van der Waals surface area (Å²) in [6.07, 6.45) is 1.00. The number of hydrogen-bond acceptors (Lipinski definition) is 4. The number of nitrogens with one attached hydrogen (secondary N) is 1. The van der Waals surface area contributed by atoms with Gasteiger partial charge in [0.15, 0.2) is 0 Å². The van der Waals surface area contributed by atoms with Gasteiger partial charge in [-0.15, -0.1) is 0 Å². The largest absolute Gasteiger partial charge is 0.352 e. The van der Waals surface area contributed by atoms with E-state index in [1.165, 1.54) is 4.90 Å². The summed E-state index contributed by atoms with van der Waals surface area (Å²) in [6, 6.07) is 31.5. The quantitative estimate of drug-likeness (QED) is 0.199. The minimum absolute atomic E-state index is 0.0836. The lowest BCUT2D eigenvalue weighted by Gasteiger charge is -2.34. The maximum atomic E-state index is 14.5. The maximum Gasteiger partial charge on any atom is 0.264 e. The summed E-state index contributed by atoms with van der Waals surface area (Å²) in [4.78, 5) is 30.0. The predicted octanol–water partition coefficient (Wildman–Crippen LogP) is 6.05. The summed E-state index contributed by atoms with van der Waals surface area (Å²) in [7, 11) is -4.12. The SMILES string of the molecule is CCC(C)NC(=O)C(Cc1ccccc1)N(Cc1cccc(C)c1)C(=O)CN(c1ccccc1)S(=O)(=O)c1ccc(C)cc1. The number of rotatable bonds is 13. The first-order valence-electron chi connectivity index (χ1n) is 14.9. The maximum absolute atomic E-state index is 14.5. The smallest absolute Gasteiger partial charge is 0.264 e. The van der Waals surface area contributed by atoms with Gasteiger partial charge >= 0.3 is 0 Å². The molecule has 2 amide bonds. The normalized spacial score (nSPS) is 12.6. The molecule has 0 saturated heterocycles. The van der Waals surface area contributed by atoms with Crippen LogP contribution < -0.4 is 9.62 Å². The topological polar surface area (TPSA) is 86.8 Å². The molecule has 2 atom stereocenters. The van der Waals surface area contributed by atoms with E-state index in [9.17, 15) is 18.0 Å². The van der Waals surface area contributed by atoms with E-state index in [-0.39, 0.29) is 29.8 Å². The summed E-state index contributed by atoms with van der Waals surface area (Å²) in [5.74, 6) is -0.761. The molecule has 0 heterocycles. The van der Waals surface area contributed by atoms with Gasteiger partial charge in [-0.05, 0) is 62.6 Å². The Kier molecular flexibility index (Phi) is 11.0. The molecule has 0 saturated carbocycles. The van der Waals surface area contributed by atoms with Gasteiger partial charge < -0.3 is 10.2 Å². The van der Waals surface area contributed by atoms with Crippen LogP contribution in [0.3, 0.4) is 0 Å². The van der Waals surface area contributed by atoms with Crippen LogP contribution in [-0.4, -0.2) is 43.8 Å². The molecule has 0 spiro atoms. The highest BCUT2D eigenvalue weighted by Crippen LogP contribution is 2.25. The molecule has 7 nitrogen and oxygen atoms in total. The molecule has 4 aromatic rings. The van der Waals surface area contributed by atoms with E-state index < -0.39 is 28.5 Å². The average molecular weight is 612 g/mol. The third kappa shape index (κ3) is 8.35. The second-order valence-electron chi connectivity index (χ2n) is 11.2. The highest BCUT2D eigenvalue weighted by atomic mass is 32.2. The Morgan fingerprint density at radius 2 is 1.39 bits per heavy atom. The molecule has 4 aromatic carbocycles. The first-order chi connectivity index (χ1) is 21.1. The average Bonchev–Trinajstić information content (AvgIpc) is 3.02. The number of para-hydroxylation sites is 1. The molecule has 230 valence electrons. The zero-order valence-corrected chi connectivity index (χ0v) is 26.6. The van der Waals surface area contributed by atoms with E-state index in [4.69, 9.17) is 0 Å². The zero-order chi connectivity index (χ0) is 31.7. The number of hydrogen-bond donors (Lipinski definition) is 1. The Hall–Kier alpha value is -4.43. The molecule has 0 aliphatic carbocycles. The van der Waals surface area contributed by atoms with E-state index in [1.807, 2.05) is 82.3 Å². The zero-order valence-electron chi connectivity index (χ0n) is 25.8. The summed E-state index contributed by atoms with van der Waals surface area (Å²) in [5, 5.41) is 3.06. The van der Waals surface area contributed by atoms with Gasteiger partial charge in [0.2, 0.25) is 11.8 Å². The Labute approximate surface area is 261 Å². The molecule has 4 rings (SSSR count). The third-order valence-electron chi connectivity index (χ3n) is 7.64. The van der Waals surface area contributed by atoms with Gasteiger partial charge in [0.25, 0.3) is 10.0 Å². The fourth-order valence-corrected chi connectivity index (χ4v) is 6.38. The molecule has 44 heavy (non-hydrogen) atoms. The van der Waals surface area contributed by atoms with Crippen LogP contribution in [0.25, 0.3) is 0 Å².